The van der Waals surface area contributed by atoms with E-state index in [1.807, 2.05) is 60.7 Å². The lowest BCUT2D eigenvalue weighted by molar-refractivity contribution is 0.0973. The third-order valence-electron chi connectivity index (χ3n) is 4.57. The van der Waals surface area contributed by atoms with E-state index in [1.54, 1.807) is 18.2 Å². The summed E-state index contributed by atoms with van der Waals surface area (Å²) in [6, 6.07) is 24.0. The van der Waals surface area contributed by atoms with E-state index in [2.05, 4.69) is 17.6 Å². The van der Waals surface area contributed by atoms with Crippen molar-refractivity contribution in [1.82, 2.24) is 5.32 Å². The fraction of sp³-hybridized carbons (Fsp3) is 0.231. The van der Waals surface area contributed by atoms with Gasteiger partial charge in [-0.15, -0.1) is 0 Å². The van der Waals surface area contributed by atoms with Gasteiger partial charge in [-0.05, 0) is 55.0 Å². The van der Waals surface area contributed by atoms with Crippen LogP contribution < -0.4 is 24.8 Å². The van der Waals surface area contributed by atoms with Gasteiger partial charge in [0, 0.05) is 11.8 Å². The van der Waals surface area contributed by atoms with Gasteiger partial charge in [0.05, 0.1) is 12.2 Å². The minimum atomic E-state index is -0.329. The highest BCUT2D eigenvalue weighted by atomic mass is 32.1. The lowest BCUT2D eigenvalue weighted by Gasteiger charge is -2.14. The summed E-state index contributed by atoms with van der Waals surface area (Å²) in [5, 5.41) is 5.91. The minimum Gasteiger partial charge on any atom is -0.493 e. The highest BCUT2D eigenvalue weighted by Gasteiger charge is 2.13. The molecule has 0 saturated heterocycles. The molecule has 0 saturated carbocycles. The number of carbonyl (C=O) groups is 1. The molecule has 0 aromatic heterocycles. The summed E-state index contributed by atoms with van der Waals surface area (Å²) in [6.07, 6.45) is 1.94. The smallest absolute Gasteiger partial charge is 0.261 e. The summed E-state index contributed by atoms with van der Waals surface area (Å²) >= 11 is 5.32. The number of para-hydroxylation sites is 2. The molecule has 6 nitrogen and oxygen atoms in total. The van der Waals surface area contributed by atoms with Crippen LogP contribution >= 0.6 is 12.2 Å². The molecule has 0 bridgehead atoms. The number of amides is 1. The first-order valence-corrected chi connectivity index (χ1v) is 11.3. The number of carbonyl (C=O) groups excluding carboxylic acids is 1. The number of hydrogen-bond donors (Lipinski definition) is 2. The topological polar surface area (TPSA) is 68.8 Å². The maximum Gasteiger partial charge on any atom is 0.261 e. The summed E-state index contributed by atoms with van der Waals surface area (Å²) in [5.74, 6) is 1.68. The Morgan fingerprint density at radius 2 is 1.52 bits per heavy atom. The average Bonchev–Trinajstić information content (AvgIpc) is 2.83. The zero-order valence-electron chi connectivity index (χ0n) is 18.6. The Hall–Kier alpha value is -3.58. The van der Waals surface area contributed by atoms with E-state index in [9.17, 15) is 4.79 Å². The Labute approximate surface area is 199 Å². The molecular formula is C26H28N2O4S. The molecule has 7 heteroatoms. The first kappa shape index (κ1) is 24.1. The second kappa shape index (κ2) is 13.1. The van der Waals surface area contributed by atoms with Crippen LogP contribution in [0.2, 0.25) is 0 Å². The van der Waals surface area contributed by atoms with Crippen LogP contribution in [0.25, 0.3) is 0 Å². The molecule has 0 aliphatic heterocycles. The lowest BCUT2D eigenvalue weighted by Crippen LogP contribution is -2.34. The SMILES string of the molecule is CCCCOc1ccccc1C(=O)NC(=S)Nc1cccc(OCCOc2ccccc2)c1. The lowest BCUT2D eigenvalue weighted by atomic mass is 10.2. The van der Waals surface area contributed by atoms with Gasteiger partial charge in [-0.1, -0.05) is 49.7 Å². The van der Waals surface area contributed by atoms with E-state index in [4.69, 9.17) is 26.4 Å². The Bertz CT molecular complexity index is 1040. The van der Waals surface area contributed by atoms with Crippen LogP contribution in [0.4, 0.5) is 5.69 Å². The van der Waals surface area contributed by atoms with Crippen molar-refractivity contribution in [1.29, 1.82) is 0 Å². The Balaban J connectivity index is 1.49. The van der Waals surface area contributed by atoms with Crippen molar-refractivity contribution in [3.05, 3.63) is 84.4 Å². The van der Waals surface area contributed by atoms with Crippen molar-refractivity contribution in [2.45, 2.75) is 19.8 Å². The van der Waals surface area contributed by atoms with Crippen molar-refractivity contribution < 1.29 is 19.0 Å². The van der Waals surface area contributed by atoms with Crippen molar-refractivity contribution in [3.63, 3.8) is 0 Å². The largest absolute Gasteiger partial charge is 0.493 e. The second-order valence-corrected chi connectivity index (χ2v) is 7.55. The molecule has 0 aliphatic carbocycles. The summed E-state index contributed by atoms with van der Waals surface area (Å²) in [7, 11) is 0. The molecular weight excluding hydrogens is 436 g/mol. The number of benzene rings is 3. The standard InChI is InChI=1S/C26H28N2O4S/c1-2-3-16-32-24-15-8-7-14-23(24)25(29)28-26(33)27-20-10-9-13-22(19-20)31-18-17-30-21-11-5-4-6-12-21/h4-15,19H,2-3,16-18H2,1H3,(H2,27,28,29,33). The normalized spacial score (nSPS) is 10.2. The number of anilines is 1. The second-order valence-electron chi connectivity index (χ2n) is 7.14. The predicted molar refractivity (Wildman–Crippen MR) is 134 cm³/mol. The Morgan fingerprint density at radius 1 is 0.818 bits per heavy atom. The number of thiocarbonyl (C=S) groups is 1. The van der Waals surface area contributed by atoms with Gasteiger partial charge in [0.2, 0.25) is 0 Å². The summed E-state index contributed by atoms with van der Waals surface area (Å²) in [6.45, 7) is 3.47. The van der Waals surface area contributed by atoms with E-state index < -0.39 is 0 Å². The van der Waals surface area contributed by atoms with Crippen LogP contribution in [-0.2, 0) is 0 Å². The number of rotatable bonds is 11. The first-order chi connectivity index (χ1) is 16.2. The van der Waals surface area contributed by atoms with Gasteiger partial charge in [-0.3, -0.25) is 10.1 Å². The Kier molecular flexibility index (Phi) is 9.54. The van der Waals surface area contributed by atoms with E-state index >= 15 is 0 Å². The Morgan fingerprint density at radius 3 is 2.30 bits per heavy atom. The van der Waals surface area contributed by atoms with Gasteiger partial charge in [0.1, 0.15) is 30.5 Å². The first-order valence-electron chi connectivity index (χ1n) is 10.9. The number of nitrogens with one attached hydrogen (secondary N) is 2. The quantitative estimate of drug-likeness (QED) is 0.291. The summed E-state index contributed by atoms with van der Waals surface area (Å²) in [5.41, 5.74) is 1.14. The number of hydrogen-bond acceptors (Lipinski definition) is 5. The molecule has 0 heterocycles. The highest BCUT2D eigenvalue weighted by Crippen LogP contribution is 2.20. The van der Waals surface area contributed by atoms with E-state index in [-0.39, 0.29) is 11.0 Å². The van der Waals surface area contributed by atoms with Gasteiger partial charge >= 0.3 is 0 Å². The summed E-state index contributed by atoms with van der Waals surface area (Å²) in [4.78, 5) is 12.7. The van der Waals surface area contributed by atoms with Crippen LogP contribution in [0, 0.1) is 0 Å². The van der Waals surface area contributed by atoms with E-state index in [0.717, 1.165) is 18.6 Å². The van der Waals surface area contributed by atoms with Crippen molar-refractivity contribution in [3.8, 4) is 17.2 Å². The van der Waals surface area contributed by atoms with Crippen molar-refractivity contribution >= 4 is 28.9 Å². The molecule has 33 heavy (non-hydrogen) atoms. The van der Waals surface area contributed by atoms with Crippen LogP contribution in [0.3, 0.4) is 0 Å². The molecule has 3 aromatic rings. The van der Waals surface area contributed by atoms with Gasteiger partial charge in [-0.25, -0.2) is 0 Å². The van der Waals surface area contributed by atoms with Gasteiger partial charge in [-0.2, -0.15) is 0 Å². The molecule has 2 N–H and O–H groups in total. The third-order valence-corrected chi connectivity index (χ3v) is 4.77. The molecule has 3 aromatic carbocycles. The molecule has 172 valence electrons. The molecule has 0 aliphatic rings. The fourth-order valence-corrected chi connectivity index (χ4v) is 3.15. The van der Waals surface area contributed by atoms with E-state index in [1.165, 1.54) is 0 Å². The molecule has 0 radical (unpaired) electrons. The number of ether oxygens (including phenoxy) is 3. The van der Waals surface area contributed by atoms with Crippen LogP contribution in [0.1, 0.15) is 30.1 Å². The minimum absolute atomic E-state index is 0.188. The van der Waals surface area contributed by atoms with Gasteiger partial charge in [0.15, 0.2) is 5.11 Å². The molecule has 1 amide bonds. The van der Waals surface area contributed by atoms with E-state index in [0.29, 0.717) is 42.6 Å². The predicted octanol–water partition coefficient (Wildman–Crippen LogP) is 5.45. The molecule has 0 atom stereocenters. The molecule has 0 fully saturated rings. The van der Waals surface area contributed by atoms with Crippen LogP contribution in [0.5, 0.6) is 17.2 Å². The van der Waals surface area contributed by atoms with Gasteiger partial charge in [0.25, 0.3) is 5.91 Å². The van der Waals surface area contributed by atoms with Gasteiger partial charge < -0.3 is 19.5 Å². The highest BCUT2D eigenvalue weighted by molar-refractivity contribution is 7.80. The van der Waals surface area contributed by atoms with Crippen LogP contribution in [0.15, 0.2) is 78.9 Å². The zero-order valence-corrected chi connectivity index (χ0v) is 19.4. The zero-order chi connectivity index (χ0) is 23.3. The molecule has 0 unspecified atom stereocenters. The third kappa shape index (κ3) is 8.12. The fourth-order valence-electron chi connectivity index (χ4n) is 2.94. The molecule has 3 rings (SSSR count). The average molecular weight is 465 g/mol. The van der Waals surface area contributed by atoms with Crippen molar-refractivity contribution in [2.24, 2.45) is 0 Å². The number of unbranched alkanes of at least 4 members (excludes halogenated alkanes) is 1. The molecule has 0 spiro atoms. The maximum atomic E-state index is 12.7. The van der Waals surface area contributed by atoms with Crippen LogP contribution in [-0.4, -0.2) is 30.8 Å². The maximum absolute atomic E-state index is 12.7. The summed E-state index contributed by atoms with van der Waals surface area (Å²) < 4.78 is 17.1. The van der Waals surface area contributed by atoms with Crippen molar-refractivity contribution in [2.75, 3.05) is 25.1 Å². The monoisotopic (exact) mass is 464 g/mol.